The normalized spacial score (nSPS) is 21.4. The third kappa shape index (κ3) is 6.16. The highest BCUT2D eigenvalue weighted by Gasteiger charge is 2.51. The van der Waals surface area contributed by atoms with Crippen molar-refractivity contribution in [1.29, 1.82) is 0 Å². The summed E-state index contributed by atoms with van der Waals surface area (Å²) in [5.74, 6) is -0.821. The molecule has 1 aromatic rings. The molecule has 0 spiro atoms. The second-order valence-electron chi connectivity index (χ2n) is 10.8. The number of rotatable bonds is 9. The Morgan fingerprint density at radius 3 is 2.37 bits per heavy atom. The highest BCUT2D eigenvalue weighted by Crippen LogP contribution is 2.31. The number of hydrogen-bond acceptors (Lipinski definition) is 6. The average molecular weight is 526 g/mol. The number of likely N-dealkylation sites (N-methyl/N-ethyl adjacent to an activating group) is 1. The number of nitrogens with zero attached hydrogens (tertiary/aromatic N) is 4. The maximum atomic E-state index is 13.1. The van der Waals surface area contributed by atoms with Crippen molar-refractivity contribution >= 4 is 35.1 Å². The molecule has 38 heavy (non-hydrogen) atoms. The number of carbonyl (C=O) groups excluding carboxylic acids is 5. The Morgan fingerprint density at radius 1 is 1.03 bits per heavy atom. The molecular weight excluding hydrogens is 486 g/mol. The van der Waals surface area contributed by atoms with Gasteiger partial charge in [-0.3, -0.25) is 24.0 Å². The van der Waals surface area contributed by atoms with E-state index >= 15 is 0 Å². The lowest BCUT2D eigenvalue weighted by molar-refractivity contribution is -0.139. The quantitative estimate of drug-likeness (QED) is 0.520. The largest absolute Gasteiger partial charge is 0.372 e. The monoisotopic (exact) mass is 525 g/mol. The molecule has 10 nitrogen and oxygen atoms in total. The number of Topliss-reactive ketones (excluding diaryl/α,β-unsaturated/α-hetero) is 1. The number of likely N-dealkylation sites (tertiary alicyclic amines) is 2. The van der Waals surface area contributed by atoms with Gasteiger partial charge in [-0.2, -0.15) is 0 Å². The van der Waals surface area contributed by atoms with Crippen molar-refractivity contribution in [1.82, 2.24) is 20.0 Å². The minimum atomic E-state index is -0.607. The Bertz CT molecular complexity index is 1070. The van der Waals surface area contributed by atoms with Crippen LogP contribution >= 0.6 is 0 Å². The lowest BCUT2D eigenvalue weighted by atomic mass is 10.0. The predicted octanol–water partition coefficient (Wildman–Crippen LogP) is 1.29. The third-order valence-corrected chi connectivity index (χ3v) is 8.02. The van der Waals surface area contributed by atoms with E-state index in [9.17, 15) is 24.0 Å². The topological polar surface area (TPSA) is 110 Å². The number of nitrogens with one attached hydrogen (secondary N) is 1. The molecule has 3 aliphatic rings. The van der Waals surface area contributed by atoms with E-state index in [0.717, 1.165) is 18.8 Å². The molecule has 1 aromatic carbocycles. The molecule has 0 radical (unpaired) electrons. The van der Waals surface area contributed by atoms with Crippen molar-refractivity contribution < 1.29 is 24.0 Å². The number of carbonyl (C=O) groups is 5. The van der Waals surface area contributed by atoms with Gasteiger partial charge in [0, 0.05) is 57.8 Å². The summed E-state index contributed by atoms with van der Waals surface area (Å²) in [7, 11) is 1.55. The molecule has 4 rings (SSSR count). The van der Waals surface area contributed by atoms with Crippen molar-refractivity contribution in [3.8, 4) is 0 Å². The fourth-order valence-corrected chi connectivity index (χ4v) is 5.68. The van der Waals surface area contributed by atoms with Gasteiger partial charge in [-0.05, 0) is 55.9 Å². The summed E-state index contributed by atoms with van der Waals surface area (Å²) >= 11 is 0. The molecule has 3 fully saturated rings. The second kappa shape index (κ2) is 12.0. The number of benzene rings is 1. The minimum Gasteiger partial charge on any atom is -0.372 e. The summed E-state index contributed by atoms with van der Waals surface area (Å²) in [6.07, 6.45) is 3.88. The number of anilines is 1. The van der Waals surface area contributed by atoms with E-state index in [0.29, 0.717) is 31.5 Å². The lowest BCUT2D eigenvalue weighted by Crippen LogP contribution is -2.45. The van der Waals surface area contributed by atoms with Gasteiger partial charge in [0.25, 0.3) is 5.91 Å². The number of amides is 4. The maximum absolute atomic E-state index is 13.1. The van der Waals surface area contributed by atoms with Crippen LogP contribution < -0.4 is 10.2 Å². The van der Waals surface area contributed by atoms with Crippen LogP contribution in [0, 0.1) is 5.92 Å². The molecule has 0 saturated carbocycles. The van der Waals surface area contributed by atoms with Gasteiger partial charge < -0.3 is 24.9 Å². The molecule has 3 aliphatic heterocycles. The summed E-state index contributed by atoms with van der Waals surface area (Å²) < 4.78 is 0. The van der Waals surface area contributed by atoms with Crippen LogP contribution in [0.15, 0.2) is 24.3 Å². The zero-order valence-electron chi connectivity index (χ0n) is 22.6. The second-order valence-corrected chi connectivity index (χ2v) is 10.8. The number of fused-ring (bicyclic) bond motifs is 1. The first-order chi connectivity index (χ1) is 18.2. The highest BCUT2D eigenvalue weighted by molar-refractivity contribution is 5.98. The standard InChI is InChI=1S/C28H39N5O5/c1-19(10-12-29-28(38)21-6-8-22(9-7-21)31-13-4-5-14-31)16-25(36)32-15-11-23-27(32)24(35)17-33(23)26(37)18-30(3)20(2)34/h6-9,19,23,27H,4-5,10-18H2,1-3H3,(H,29,38). The van der Waals surface area contributed by atoms with E-state index in [4.69, 9.17) is 0 Å². The van der Waals surface area contributed by atoms with Crippen LogP contribution in [0.5, 0.6) is 0 Å². The van der Waals surface area contributed by atoms with Crippen LogP contribution in [0.4, 0.5) is 5.69 Å². The number of hydrogen-bond donors (Lipinski definition) is 1. The first-order valence-corrected chi connectivity index (χ1v) is 13.6. The Balaban J connectivity index is 1.22. The summed E-state index contributed by atoms with van der Waals surface area (Å²) in [4.78, 5) is 69.3. The molecule has 10 heteroatoms. The Kier molecular flexibility index (Phi) is 8.69. The van der Waals surface area contributed by atoms with E-state index < -0.39 is 6.04 Å². The molecule has 3 saturated heterocycles. The maximum Gasteiger partial charge on any atom is 0.251 e. The Hall–Kier alpha value is -3.43. The molecule has 3 unspecified atom stereocenters. The predicted molar refractivity (Wildman–Crippen MR) is 143 cm³/mol. The van der Waals surface area contributed by atoms with E-state index in [1.54, 1.807) is 11.9 Å². The van der Waals surface area contributed by atoms with Gasteiger partial charge in [-0.15, -0.1) is 0 Å². The Labute approximate surface area is 224 Å². The van der Waals surface area contributed by atoms with Crippen LogP contribution in [0.2, 0.25) is 0 Å². The minimum absolute atomic E-state index is 0.0235. The van der Waals surface area contributed by atoms with Crippen molar-refractivity contribution in [2.45, 2.75) is 58.0 Å². The summed E-state index contributed by atoms with van der Waals surface area (Å²) in [6, 6.07) is 6.75. The van der Waals surface area contributed by atoms with Gasteiger partial charge in [-0.25, -0.2) is 0 Å². The number of ketones is 1. The molecule has 0 aromatic heterocycles. The van der Waals surface area contributed by atoms with Gasteiger partial charge >= 0.3 is 0 Å². The summed E-state index contributed by atoms with van der Waals surface area (Å²) in [5.41, 5.74) is 1.76. The summed E-state index contributed by atoms with van der Waals surface area (Å²) in [5, 5.41) is 2.94. The van der Waals surface area contributed by atoms with Gasteiger partial charge in [0.1, 0.15) is 6.04 Å². The van der Waals surface area contributed by atoms with Crippen LogP contribution in [0.1, 0.15) is 56.3 Å². The molecule has 206 valence electrons. The fourth-order valence-electron chi connectivity index (χ4n) is 5.68. The van der Waals surface area contributed by atoms with Crippen molar-refractivity contribution in [2.75, 3.05) is 51.2 Å². The summed E-state index contributed by atoms with van der Waals surface area (Å²) in [6.45, 7) is 6.26. The van der Waals surface area contributed by atoms with Gasteiger partial charge in [-0.1, -0.05) is 6.92 Å². The van der Waals surface area contributed by atoms with Gasteiger partial charge in [0.05, 0.1) is 19.1 Å². The third-order valence-electron chi connectivity index (χ3n) is 8.02. The Morgan fingerprint density at radius 2 is 1.71 bits per heavy atom. The first-order valence-electron chi connectivity index (χ1n) is 13.6. The molecule has 4 amide bonds. The van der Waals surface area contributed by atoms with E-state index in [1.165, 1.54) is 29.6 Å². The van der Waals surface area contributed by atoms with Crippen LogP contribution in [0.25, 0.3) is 0 Å². The molecule has 0 aliphatic carbocycles. The fraction of sp³-hybridized carbons (Fsp3) is 0.607. The van der Waals surface area contributed by atoms with Gasteiger partial charge in [0.15, 0.2) is 5.78 Å². The van der Waals surface area contributed by atoms with Crippen molar-refractivity contribution in [3.05, 3.63) is 29.8 Å². The molecule has 0 bridgehead atoms. The average Bonchev–Trinajstić information content (AvgIpc) is 3.63. The van der Waals surface area contributed by atoms with E-state index in [1.807, 2.05) is 31.2 Å². The molecule has 3 heterocycles. The van der Waals surface area contributed by atoms with Crippen LogP contribution in [-0.4, -0.2) is 103 Å². The van der Waals surface area contributed by atoms with E-state index in [-0.39, 0.29) is 60.9 Å². The molecule has 3 atom stereocenters. The zero-order valence-corrected chi connectivity index (χ0v) is 22.6. The molecule has 1 N–H and O–H groups in total. The highest BCUT2D eigenvalue weighted by atomic mass is 16.2. The van der Waals surface area contributed by atoms with E-state index in [2.05, 4.69) is 10.2 Å². The van der Waals surface area contributed by atoms with Crippen LogP contribution in [-0.2, 0) is 19.2 Å². The van der Waals surface area contributed by atoms with Crippen molar-refractivity contribution in [3.63, 3.8) is 0 Å². The zero-order chi connectivity index (χ0) is 27.4. The van der Waals surface area contributed by atoms with Crippen LogP contribution in [0.3, 0.4) is 0 Å². The molecular formula is C28H39N5O5. The van der Waals surface area contributed by atoms with Gasteiger partial charge in [0.2, 0.25) is 17.7 Å². The smallest absolute Gasteiger partial charge is 0.251 e. The van der Waals surface area contributed by atoms with Crippen molar-refractivity contribution in [2.24, 2.45) is 5.92 Å². The lowest BCUT2D eigenvalue weighted by Gasteiger charge is -2.26. The SMILES string of the molecule is CC(=O)N(C)CC(=O)N1CC(=O)C2C1CCN2C(=O)CC(C)CCNC(=O)c1ccc(N2CCCC2)cc1. The first kappa shape index (κ1) is 27.6.